The van der Waals surface area contributed by atoms with Gasteiger partial charge in [-0.15, -0.1) is 0 Å². The second-order valence-corrected chi connectivity index (χ2v) is 26.5. The number of ether oxygens (including phenoxy) is 5. The van der Waals surface area contributed by atoms with E-state index in [9.17, 15) is 14.4 Å². The maximum atomic E-state index is 15.5. The Morgan fingerprint density at radius 3 is 1.85 bits per heavy atom. The van der Waals surface area contributed by atoms with E-state index in [1.54, 1.807) is 21.1 Å². The summed E-state index contributed by atoms with van der Waals surface area (Å²) in [7, 11) is -4.69. The van der Waals surface area contributed by atoms with Crippen LogP contribution in [0.5, 0.6) is 11.5 Å². The summed E-state index contributed by atoms with van der Waals surface area (Å²) in [5.41, 5.74) is 5.41. The normalized spacial score (nSPS) is 23.7. The Bertz CT molecular complexity index is 3330. The fourth-order valence-corrected chi connectivity index (χ4v) is 17.3. The second kappa shape index (κ2) is 22.5. The number of aryl methyl sites for hydroxylation is 1. The summed E-state index contributed by atoms with van der Waals surface area (Å²) in [6.45, 7) is 7.85. The minimum absolute atomic E-state index is 0.0135. The van der Waals surface area contributed by atoms with Gasteiger partial charge < -0.3 is 33.8 Å². The van der Waals surface area contributed by atoms with Gasteiger partial charge in [0.15, 0.2) is 0 Å². The summed E-state index contributed by atoms with van der Waals surface area (Å²) in [4.78, 5) is 46.0. The molecule has 3 aliphatic heterocycles. The smallest absolute Gasteiger partial charge is 0.475 e. The molecule has 3 aliphatic rings. The number of anilines is 1. The van der Waals surface area contributed by atoms with Crippen LogP contribution >= 0.6 is 7.82 Å². The van der Waals surface area contributed by atoms with E-state index >= 15 is 4.57 Å². The monoisotopic (exact) mass is 1100 g/mol. The quantitative estimate of drug-likeness (QED) is 0.0512. The summed E-state index contributed by atoms with van der Waals surface area (Å²) >= 11 is 0. The molecule has 7 aromatic rings. The Hall–Kier alpha value is -6.77. The van der Waals surface area contributed by atoms with E-state index < -0.39 is 86.7 Å². The van der Waals surface area contributed by atoms with Crippen molar-refractivity contribution in [3.63, 3.8) is 0 Å². The molecule has 10 rings (SSSR count). The van der Waals surface area contributed by atoms with E-state index in [4.69, 9.17) is 47.4 Å². The van der Waals surface area contributed by atoms with Crippen LogP contribution in [0.3, 0.4) is 0 Å². The van der Waals surface area contributed by atoms with E-state index in [0.717, 1.165) is 27.1 Å². The van der Waals surface area contributed by atoms with Crippen LogP contribution in [0.25, 0.3) is 0 Å². The van der Waals surface area contributed by atoms with Crippen LogP contribution in [0.2, 0.25) is 5.04 Å². The van der Waals surface area contributed by atoms with Crippen molar-refractivity contribution in [2.75, 3.05) is 33.2 Å². The number of rotatable bonds is 17. The molecular weight excluding hydrogens is 1030 g/mol. The highest BCUT2D eigenvalue weighted by atomic mass is 31.2. The van der Waals surface area contributed by atoms with E-state index in [0.29, 0.717) is 17.1 Å². The van der Waals surface area contributed by atoms with Crippen molar-refractivity contribution < 1.29 is 46.2 Å². The second-order valence-electron chi connectivity index (χ2n) is 20.7. The van der Waals surface area contributed by atoms with Gasteiger partial charge >= 0.3 is 19.2 Å². The van der Waals surface area contributed by atoms with Crippen LogP contribution in [0, 0.1) is 6.92 Å². The topological polar surface area (TPSA) is 216 Å². The average Bonchev–Trinajstić information content (AvgIpc) is 4.16. The first-order valence-corrected chi connectivity index (χ1v) is 29.3. The standard InChI is InChI=1S/C58H64N5O13PSi/c1-38-36-63(56(66)61-54(38)64)52-35-48(76-78(57(2,3)4,44-18-12-8-13-19-44)45-20-14-9-15-21-45)53(73-52)46-31-33-71-77(67,74-46)75-47-34-51(62-32-30-50(59)60-55(62)65)72-49(47)37-70-58(39-16-10-7-11-17-39,40-22-26-42(68-5)27-23-40)41-24-28-43(69-6)29-25-41/h7-30,32,36,46-49,51-53H,31,33-35,37H2,1-6H3,(H2,59,60,65)(H,61,64,66)/t46-,47-,48-,49+,51+,52+,53+,77+/m0/s1. The molecule has 0 spiro atoms. The third-order valence-electron chi connectivity index (χ3n) is 14.8. The largest absolute Gasteiger partial charge is 0.497 e. The predicted octanol–water partition coefficient (Wildman–Crippen LogP) is 7.53. The van der Waals surface area contributed by atoms with Crippen LogP contribution in [-0.2, 0) is 42.4 Å². The molecule has 3 fully saturated rings. The van der Waals surface area contributed by atoms with Gasteiger partial charge in [-0.1, -0.05) is 136 Å². The van der Waals surface area contributed by atoms with Crippen molar-refractivity contribution in [3.8, 4) is 11.5 Å². The molecule has 0 bridgehead atoms. The van der Waals surface area contributed by atoms with Crippen LogP contribution < -0.4 is 42.5 Å². The fourth-order valence-electron chi connectivity index (χ4n) is 11.0. The lowest BCUT2D eigenvalue weighted by Gasteiger charge is -2.46. The molecule has 5 aromatic carbocycles. The first-order valence-electron chi connectivity index (χ1n) is 25.9. The van der Waals surface area contributed by atoms with Gasteiger partial charge in [0, 0.05) is 37.2 Å². The van der Waals surface area contributed by atoms with Gasteiger partial charge in [-0.3, -0.25) is 32.5 Å². The third-order valence-corrected chi connectivity index (χ3v) is 21.5. The number of nitrogens with zero attached hydrogens (tertiary/aromatic N) is 3. The molecule has 3 saturated heterocycles. The number of hydrogen-bond donors (Lipinski definition) is 2. The summed E-state index contributed by atoms with van der Waals surface area (Å²) in [6, 6.07) is 46.6. The van der Waals surface area contributed by atoms with Gasteiger partial charge in [0.2, 0.25) is 0 Å². The average molecular weight is 1100 g/mol. The summed E-state index contributed by atoms with van der Waals surface area (Å²) in [6.07, 6.45) is -3.34. The number of aromatic amines is 1. The Morgan fingerprint density at radius 1 is 0.731 bits per heavy atom. The van der Waals surface area contributed by atoms with Gasteiger partial charge in [0.25, 0.3) is 13.9 Å². The van der Waals surface area contributed by atoms with Crippen molar-refractivity contribution in [2.45, 2.75) is 101 Å². The minimum atomic E-state index is -4.57. The number of benzene rings is 5. The minimum Gasteiger partial charge on any atom is -0.497 e. The van der Waals surface area contributed by atoms with Gasteiger partial charge in [0.05, 0.1) is 33.5 Å². The molecular formula is C58H64N5O13PSi. The lowest BCUT2D eigenvalue weighted by atomic mass is 9.80. The Balaban J connectivity index is 1.01. The Kier molecular flexibility index (Phi) is 15.8. The van der Waals surface area contributed by atoms with Crippen molar-refractivity contribution in [1.29, 1.82) is 0 Å². The highest BCUT2D eigenvalue weighted by Crippen LogP contribution is 2.58. The van der Waals surface area contributed by atoms with E-state index in [2.05, 4.69) is 55.0 Å². The van der Waals surface area contributed by atoms with Gasteiger partial charge in [-0.25, -0.2) is 14.2 Å². The number of nitrogens with one attached hydrogen (secondary N) is 1. The maximum Gasteiger partial charge on any atom is 0.475 e. The lowest BCUT2D eigenvalue weighted by molar-refractivity contribution is -0.112. The molecule has 5 heterocycles. The van der Waals surface area contributed by atoms with Gasteiger partial charge in [-0.2, -0.15) is 4.98 Å². The highest BCUT2D eigenvalue weighted by molar-refractivity contribution is 7.48. The zero-order valence-electron chi connectivity index (χ0n) is 44.3. The van der Waals surface area contributed by atoms with Crippen LogP contribution in [0.1, 0.15) is 74.7 Å². The molecule has 3 N–H and O–H groups in total. The number of hydrogen-bond acceptors (Lipinski definition) is 15. The molecule has 78 heavy (non-hydrogen) atoms. The SMILES string of the molecule is COc1ccc(C(OC[C@H]2O[C@@H](n3ccc(N)nc3=O)C[C@@H]2O[P@]2(=O)OCC[C@@H]([C@H]3O[C@@H](n4cc(C)c(=O)[nH]c4=O)C[C@@H]3O[Si](c3ccccc3)(c3ccccc3)C(C)(C)C)O2)(c2ccccc2)c2ccc(OC)cc2)cc1. The highest BCUT2D eigenvalue weighted by Gasteiger charge is 2.57. The number of phosphoric acid groups is 1. The molecule has 0 saturated carbocycles. The fraction of sp³-hybridized carbons (Fsp3) is 0.345. The number of nitrogens with two attached hydrogens (primary N) is 1. The molecule has 2 aromatic heterocycles. The first kappa shape index (κ1) is 54.6. The number of phosphoric ester groups is 1. The molecule has 408 valence electrons. The molecule has 0 unspecified atom stereocenters. The molecule has 0 amide bonds. The Labute approximate surface area is 452 Å². The molecule has 20 heteroatoms. The zero-order valence-corrected chi connectivity index (χ0v) is 46.2. The molecule has 0 radical (unpaired) electrons. The molecule has 18 nitrogen and oxygen atoms in total. The van der Waals surface area contributed by atoms with Gasteiger partial charge in [-0.05, 0) is 69.4 Å². The van der Waals surface area contributed by atoms with E-state index in [-0.39, 0.29) is 38.3 Å². The first-order chi connectivity index (χ1) is 37.5. The van der Waals surface area contributed by atoms with Crippen molar-refractivity contribution in [2.24, 2.45) is 0 Å². The third kappa shape index (κ3) is 10.7. The number of H-pyrrole nitrogens is 1. The Morgan fingerprint density at radius 2 is 1.28 bits per heavy atom. The number of methoxy groups -OCH3 is 2. The van der Waals surface area contributed by atoms with Gasteiger partial charge in [0.1, 0.15) is 59.8 Å². The number of aromatic nitrogens is 4. The summed E-state index contributed by atoms with van der Waals surface area (Å²) in [5.74, 6) is 1.31. The molecule has 8 atom stereocenters. The van der Waals surface area contributed by atoms with Crippen LogP contribution in [0.15, 0.2) is 172 Å². The lowest BCUT2D eigenvalue weighted by Crippen LogP contribution is -2.68. The maximum absolute atomic E-state index is 15.5. The number of nitrogen functional groups attached to an aromatic ring is 1. The van der Waals surface area contributed by atoms with Crippen molar-refractivity contribution >= 4 is 32.3 Å². The molecule has 0 aliphatic carbocycles. The van der Waals surface area contributed by atoms with E-state index in [1.165, 1.54) is 27.6 Å². The van der Waals surface area contributed by atoms with Crippen molar-refractivity contribution in [1.82, 2.24) is 19.1 Å². The van der Waals surface area contributed by atoms with Crippen molar-refractivity contribution in [3.05, 3.63) is 212 Å². The predicted molar refractivity (Wildman–Crippen MR) is 295 cm³/mol. The summed E-state index contributed by atoms with van der Waals surface area (Å²) in [5, 5.41) is 1.56. The van der Waals surface area contributed by atoms with E-state index in [1.807, 2.05) is 115 Å². The summed E-state index contributed by atoms with van der Waals surface area (Å²) < 4.78 is 77.1. The van der Waals surface area contributed by atoms with Crippen LogP contribution in [-0.4, -0.2) is 85.4 Å². The zero-order chi connectivity index (χ0) is 54.8. The van der Waals surface area contributed by atoms with Crippen LogP contribution in [0.4, 0.5) is 5.82 Å².